The zero-order chi connectivity index (χ0) is 19.7. The van der Waals surface area contributed by atoms with E-state index in [-0.39, 0.29) is 5.91 Å². The van der Waals surface area contributed by atoms with E-state index in [1.54, 1.807) is 7.11 Å². The van der Waals surface area contributed by atoms with Crippen molar-refractivity contribution >= 4 is 39.1 Å². The second kappa shape index (κ2) is 7.66. The number of nitrogens with one attached hydrogen (secondary N) is 1. The van der Waals surface area contributed by atoms with Gasteiger partial charge in [-0.15, -0.1) is 11.3 Å². The third-order valence-electron chi connectivity index (χ3n) is 4.43. The lowest BCUT2D eigenvalue weighted by molar-refractivity contribution is 0.0955. The number of ether oxygens (including phenoxy) is 1. The summed E-state index contributed by atoms with van der Waals surface area (Å²) in [6, 6.07) is 17.0. The average molecular weight is 412 g/mol. The van der Waals surface area contributed by atoms with Crippen LogP contribution in [0.25, 0.3) is 15.9 Å². The quantitative estimate of drug-likeness (QED) is 0.503. The predicted octanol–water partition coefficient (Wildman–Crippen LogP) is 4.99. The lowest BCUT2D eigenvalue weighted by atomic mass is 10.2. The van der Waals surface area contributed by atoms with Crippen molar-refractivity contribution in [3.05, 3.63) is 75.8 Å². The Hall–Kier alpha value is -2.83. The molecule has 0 aliphatic rings. The largest absolute Gasteiger partial charge is 0.497 e. The lowest BCUT2D eigenvalue weighted by Crippen LogP contribution is -2.21. The molecule has 5 nitrogen and oxygen atoms in total. The maximum atomic E-state index is 12.7. The number of hydrogen-bond donors (Lipinski definition) is 1. The van der Waals surface area contributed by atoms with Crippen molar-refractivity contribution in [3.8, 4) is 11.4 Å². The summed E-state index contributed by atoms with van der Waals surface area (Å²) in [5.41, 5.74) is 2.78. The molecule has 1 amide bonds. The molecule has 2 heterocycles. The van der Waals surface area contributed by atoms with Crippen molar-refractivity contribution in [2.24, 2.45) is 0 Å². The Balaban J connectivity index is 1.58. The fraction of sp³-hybridized carbons (Fsp3) is 0.143. The van der Waals surface area contributed by atoms with Crippen LogP contribution in [0.5, 0.6) is 5.75 Å². The van der Waals surface area contributed by atoms with Gasteiger partial charge in [-0.3, -0.25) is 4.79 Å². The van der Waals surface area contributed by atoms with E-state index in [4.69, 9.17) is 16.3 Å². The minimum Gasteiger partial charge on any atom is -0.497 e. The molecule has 0 fully saturated rings. The molecule has 7 heteroatoms. The van der Waals surface area contributed by atoms with E-state index in [1.807, 2.05) is 66.2 Å². The van der Waals surface area contributed by atoms with Gasteiger partial charge in [-0.2, -0.15) is 5.10 Å². The highest BCUT2D eigenvalue weighted by atomic mass is 35.5. The van der Waals surface area contributed by atoms with Crippen molar-refractivity contribution in [2.45, 2.75) is 13.5 Å². The highest BCUT2D eigenvalue weighted by Gasteiger charge is 2.17. The first kappa shape index (κ1) is 18.5. The second-order valence-corrected chi connectivity index (χ2v) is 7.80. The summed E-state index contributed by atoms with van der Waals surface area (Å²) < 4.78 is 7.07. The molecule has 0 spiro atoms. The van der Waals surface area contributed by atoms with Crippen LogP contribution >= 0.6 is 22.9 Å². The normalized spacial score (nSPS) is 11.0. The van der Waals surface area contributed by atoms with Gasteiger partial charge in [-0.05, 0) is 55.0 Å². The highest BCUT2D eigenvalue weighted by molar-refractivity contribution is 7.20. The van der Waals surface area contributed by atoms with E-state index in [1.165, 1.54) is 11.3 Å². The van der Waals surface area contributed by atoms with Gasteiger partial charge in [0.1, 0.15) is 10.6 Å². The third-order valence-corrected chi connectivity index (χ3v) is 5.79. The van der Waals surface area contributed by atoms with E-state index < -0.39 is 0 Å². The number of fused-ring (bicyclic) bond motifs is 1. The van der Waals surface area contributed by atoms with Gasteiger partial charge >= 0.3 is 0 Å². The Morgan fingerprint density at radius 2 is 2.00 bits per heavy atom. The number of amides is 1. The Kier molecular flexibility index (Phi) is 5.07. The van der Waals surface area contributed by atoms with E-state index in [0.29, 0.717) is 16.4 Å². The molecule has 0 saturated heterocycles. The summed E-state index contributed by atoms with van der Waals surface area (Å²) in [6.07, 6.45) is 0. The number of carbonyl (C=O) groups excluding carboxylic acids is 1. The number of halogens is 1. The molecule has 142 valence electrons. The minimum atomic E-state index is -0.105. The number of nitrogens with zero attached hydrogens (tertiary/aromatic N) is 2. The van der Waals surface area contributed by atoms with Gasteiger partial charge in [0.05, 0.1) is 23.4 Å². The minimum absolute atomic E-state index is 0.105. The van der Waals surface area contributed by atoms with Crippen molar-refractivity contribution < 1.29 is 9.53 Å². The summed E-state index contributed by atoms with van der Waals surface area (Å²) in [5.74, 6) is 0.665. The Labute approximate surface area is 171 Å². The molecule has 4 rings (SSSR count). The molecular weight excluding hydrogens is 394 g/mol. The van der Waals surface area contributed by atoms with Crippen molar-refractivity contribution in [1.29, 1.82) is 0 Å². The molecule has 0 unspecified atom stereocenters. The lowest BCUT2D eigenvalue weighted by Gasteiger charge is -2.06. The van der Waals surface area contributed by atoms with Crippen LogP contribution in [0.15, 0.2) is 54.6 Å². The molecule has 0 atom stereocenters. The maximum absolute atomic E-state index is 12.7. The van der Waals surface area contributed by atoms with Gasteiger partial charge < -0.3 is 10.1 Å². The summed E-state index contributed by atoms with van der Waals surface area (Å²) >= 11 is 7.41. The monoisotopic (exact) mass is 411 g/mol. The first-order valence-corrected chi connectivity index (χ1v) is 9.91. The van der Waals surface area contributed by atoms with E-state index in [9.17, 15) is 4.79 Å². The molecule has 0 aliphatic heterocycles. The van der Waals surface area contributed by atoms with Crippen LogP contribution in [0, 0.1) is 6.92 Å². The summed E-state index contributed by atoms with van der Waals surface area (Å²) in [7, 11) is 1.63. The molecule has 0 bridgehead atoms. The van der Waals surface area contributed by atoms with E-state index in [2.05, 4.69) is 10.4 Å². The Bertz CT molecular complexity index is 1150. The van der Waals surface area contributed by atoms with Gasteiger partial charge in [0.15, 0.2) is 0 Å². The average Bonchev–Trinajstić information content (AvgIpc) is 3.28. The van der Waals surface area contributed by atoms with Gasteiger partial charge in [-0.25, -0.2) is 4.68 Å². The number of aryl methyl sites for hydroxylation is 1. The topological polar surface area (TPSA) is 56.1 Å². The first-order valence-electron chi connectivity index (χ1n) is 8.71. The Morgan fingerprint density at radius 3 is 2.75 bits per heavy atom. The van der Waals surface area contributed by atoms with E-state index >= 15 is 0 Å². The van der Waals surface area contributed by atoms with Gasteiger partial charge in [-0.1, -0.05) is 23.7 Å². The summed E-state index contributed by atoms with van der Waals surface area (Å²) in [5, 5.41) is 9.23. The van der Waals surface area contributed by atoms with Crippen LogP contribution in [0.1, 0.15) is 20.9 Å². The molecule has 2 aromatic carbocycles. The molecule has 0 radical (unpaired) electrons. The molecule has 0 aliphatic carbocycles. The fourth-order valence-corrected chi connectivity index (χ4v) is 4.19. The number of thiophene rings is 1. The number of carbonyl (C=O) groups is 1. The van der Waals surface area contributed by atoms with Crippen molar-refractivity contribution in [3.63, 3.8) is 0 Å². The zero-order valence-electron chi connectivity index (χ0n) is 15.4. The Morgan fingerprint density at radius 1 is 1.21 bits per heavy atom. The third kappa shape index (κ3) is 3.61. The van der Waals surface area contributed by atoms with Gasteiger partial charge in [0, 0.05) is 17.0 Å². The van der Waals surface area contributed by atoms with Crippen LogP contribution < -0.4 is 10.1 Å². The molecule has 2 aromatic heterocycles. The molecule has 4 aromatic rings. The zero-order valence-corrected chi connectivity index (χ0v) is 17.0. The molecule has 28 heavy (non-hydrogen) atoms. The number of rotatable bonds is 5. The summed E-state index contributed by atoms with van der Waals surface area (Å²) in [6.45, 7) is 2.38. The predicted molar refractivity (Wildman–Crippen MR) is 113 cm³/mol. The fourth-order valence-electron chi connectivity index (χ4n) is 2.97. The number of hydrogen-bond acceptors (Lipinski definition) is 4. The van der Waals surface area contributed by atoms with Crippen molar-refractivity contribution in [1.82, 2.24) is 15.1 Å². The van der Waals surface area contributed by atoms with E-state index in [0.717, 1.165) is 32.9 Å². The van der Waals surface area contributed by atoms with Gasteiger partial charge in [0.25, 0.3) is 5.91 Å². The molecular formula is C21H18ClN3O2S. The van der Waals surface area contributed by atoms with Crippen LogP contribution in [0.4, 0.5) is 0 Å². The first-order chi connectivity index (χ1) is 13.5. The molecule has 1 N–H and O–H groups in total. The summed E-state index contributed by atoms with van der Waals surface area (Å²) in [4.78, 5) is 14.3. The second-order valence-electron chi connectivity index (χ2n) is 6.34. The van der Waals surface area contributed by atoms with Crippen molar-refractivity contribution in [2.75, 3.05) is 7.11 Å². The van der Waals surface area contributed by atoms with Crippen LogP contribution in [-0.2, 0) is 6.54 Å². The van der Waals surface area contributed by atoms with Crippen LogP contribution in [-0.4, -0.2) is 22.8 Å². The van der Waals surface area contributed by atoms with Gasteiger partial charge in [0.2, 0.25) is 0 Å². The maximum Gasteiger partial charge on any atom is 0.261 e. The number of aromatic nitrogens is 2. The van der Waals surface area contributed by atoms with Crippen LogP contribution in [0.3, 0.4) is 0 Å². The smallest absolute Gasteiger partial charge is 0.261 e. The highest BCUT2D eigenvalue weighted by Crippen LogP contribution is 2.30. The molecule has 0 saturated carbocycles. The standard InChI is InChI=1S/C21H18ClN3O2S/c1-13-18-11-19(20(26)23-12-14-4-3-5-17(10-14)27-2)28-21(18)25(24-13)16-8-6-15(22)7-9-16/h3-11H,12H2,1-2H3,(H,23,26). The SMILES string of the molecule is COc1cccc(CNC(=O)c2cc3c(C)nn(-c4ccc(Cl)cc4)c3s2)c1. The van der Waals surface area contributed by atoms with Crippen LogP contribution in [0.2, 0.25) is 5.02 Å². The number of benzene rings is 2. The number of methoxy groups -OCH3 is 1.